The third kappa shape index (κ3) is 4.75. The molecule has 0 saturated carbocycles. The topological polar surface area (TPSA) is 76.5 Å². The molecule has 1 aliphatic rings. The molecule has 7 nitrogen and oxygen atoms in total. The molecule has 0 aliphatic carbocycles. The number of benzene rings is 1. The second-order valence-corrected chi connectivity index (χ2v) is 6.95. The summed E-state index contributed by atoms with van der Waals surface area (Å²) in [6.07, 6.45) is 2.74. The average Bonchev–Trinajstić information content (AvgIpc) is 3.06. The van der Waals surface area contributed by atoms with Crippen LogP contribution < -0.4 is 5.32 Å². The first-order valence-corrected chi connectivity index (χ1v) is 9.29. The van der Waals surface area contributed by atoms with E-state index in [1.54, 1.807) is 35.9 Å². The molecule has 2 heterocycles. The zero-order valence-electron chi connectivity index (χ0n) is 16.2. The average molecular weight is 388 g/mol. The summed E-state index contributed by atoms with van der Waals surface area (Å²) in [5.74, 6) is -0.993. The van der Waals surface area contributed by atoms with Gasteiger partial charge in [0.15, 0.2) is 0 Å². The summed E-state index contributed by atoms with van der Waals surface area (Å²) in [7, 11) is 3.36. The van der Waals surface area contributed by atoms with Gasteiger partial charge in [-0.2, -0.15) is 5.10 Å². The molecule has 2 aromatic rings. The number of nitrogens with one attached hydrogen (secondary N) is 1. The maximum absolute atomic E-state index is 13.0. The predicted molar refractivity (Wildman–Crippen MR) is 101 cm³/mol. The Kier molecular flexibility index (Phi) is 6.41. The Hall–Kier alpha value is -2.74. The van der Waals surface area contributed by atoms with E-state index in [1.165, 1.54) is 12.1 Å². The second-order valence-electron chi connectivity index (χ2n) is 6.95. The normalized spacial score (nSPS) is 16.0. The van der Waals surface area contributed by atoms with Crippen molar-refractivity contribution in [3.63, 3.8) is 0 Å². The molecule has 0 bridgehead atoms. The van der Waals surface area contributed by atoms with E-state index >= 15 is 0 Å². The summed E-state index contributed by atoms with van der Waals surface area (Å²) in [4.78, 5) is 26.9. The van der Waals surface area contributed by atoms with Crippen molar-refractivity contribution in [2.24, 2.45) is 7.05 Å². The number of hydrogen-bond acceptors (Lipinski definition) is 4. The van der Waals surface area contributed by atoms with Gasteiger partial charge in [-0.3, -0.25) is 14.3 Å². The van der Waals surface area contributed by atoms with Gasteiger partial charge in [-0.05, 0) is 24.1 Å². The van der Waals surface area contributed by atoms with Crippen LogP contribution >= 0.6 is 0 Å². The molecular formula is C20H25FN4O3. The number of nitrogens with zero attached hydrogens (tertiary/aromatic N) is 3. The van der Waals surface area contributed by atoms with Crippen LogP contribution in [0.1, 0.15) is 29.2 Å². The smallest absolute Gasteiger partial charge is 0.231 e. The molecule has 3 rings (SSSR count). The van der Waals surface area contributed by atoms with E-state index in [0.29, 0.717) is 32.7 Å². The van der Waals surface area contributed by atoms with Gasteiger partial charge in [-0.25, -0.2) is 4.39 Å². The molecule has 0 radical (unpaired) electrons. The molecule has 28 heavy (non-hydrogen) atoms. The number of ether oxygens (including phenoxy) is 1. The van der Waals surface area contributed by atoms with E-state index in [2.05, 4.69) is 10.4 Å². The Labute approximate surface area is 163 Å². The van der Waals surface area contributed by atoms with Crippen molar-refractivity contribution >= 4 is 11.8 Å². The van der Waals surface area contributed by atoms with Gasteiger partial charge < -0.3 is 15.0 Å². The number of aryl methyl sites for hydroxylation is 1. The quantitative estimate of drug-likeness (QED) is 0.778. The highest BCUT2D eigenvalue weighted by Gasteiger charge is 2.34. The Morgan fingerprint density at radius 3 is 2.79 bits per heavy atom. The third-order valence-corrected chi connectivity index (χ3v) is 4.85. The number of hydrogen-bond donors (Lipinski definition) is 1. The minimum absolute atomic E-state index is 0.0412. The third-order valence-electron chi connectivity index (χ3n) is 4.85. The lowest BCUT2D eigenvalue weighted by Gasteiger charge is -2.31. The molecular weight excluding hydrogens is 363 g/mol. The summed E-state index contributed by atoms with van der Waals surface area (Å²) in [6.45, 7) is 1.53. The molecule has 1 aliphatic heterocycles. The maximum atomic E-state index is 13.0. The van der Waals surface area contributed by atoms with Crippen LogP contribution in [0.4, 0.5) is 4.39 Å². The molecule has 0 unspecified atom stereocenters. The van der Waals surface area contributed by atoms with Gasteiger partial charge >= 0.3 is 0 Å². The first-order valence-electron chi connectivity index (χ1n) is 9.29. The fourth-order valence-corrected chi connectivity index (χ4v) is 3.40. The van der Waals surface area contributed by atoms with Gasteiger partial charge in [-0.15, -0.1) is 0 Å². The van der Waals surface area contributed by atoms with Gasteiger partial charge in [-0.1, -0.05) is 12.1 Å². The van der Waals surface area contributed by atoms with Crippen LogP contribution in [-0.2, 0) is 34.3 Å². The van der Waals surface area contributed by atoms with Crippen molar-refractivity contribution in [3.05, 3.63) is 53.1 Å². The minimum Gasteiger partial charge on any atom is -0.384 e. The van der Waals surface area contributed by atoms with Crippen molar-refractivity contribution in [1.82, 2.24) is 20.0 Å². The standard InChI is InChI=1S/C20H25FN4O3/c1-24-11-15-12-25(18(26)8-10-28-2)13-17(19(15)23-24)20(27)22-9-7-14-3-5-16(21)6-4-14/h3-6,11,17H,7-10,12-13H2,1-2H3,(H,22,27)/t17-/m1/s1. The molecule has 0 spiro atoms. The largest absolute Gasteiger partial charge is 0.384 e. The fourth-order valence-electron chi connectivity index (χ4n) is 3.40. The fraction of sp³-hybridized carbons (Fsp3) is 0.450. The Balaban J connectivity index is 1.65. The van der Waals surface area contributed by atoms with Gasteiger partial charge in [0.1, 0.15) is 5.82 Å². The van der Waals surface area contributed by atoms with Crippen molar-refractivity contribution < 1.29 is 18.7 Å². The van der Waals surface area contributed by atoms with Gasteiger partial charge in [0.25, 0.3) is 0 Å². The first kappa shape index (κ1) is 20.0. The van der Waals surface area contributed by atoms with Gasteiger partial charge in [0, 0.05) is 45.6 Å². The lowest BCUT2D eigenvalue weighted by atomic mass is 9.95. The van der Waals surface area contributed by atoms with Gasteiger partial charge in [0.2, 0.25) is 11.8 Å². The molecule has 1 atom stereocenters. The highest BCUT2D eigenvalue weighted by molar-refractivity contribution is 5.85. The Morgan fingerprint density at radius 1 is 1.32 bits per heavy atom. The van der Waals surface area contributed by atoms with E-state index in [1.807, 2.05) is 6.20 Å². The van der Waals surface area contributed by atoms with Crippen LogP contribution in [0.5, 0.6) is 0 Å². The monoisotopic (exact) mass is 388 g/mol. The van der Waals surface area contributed by atoms with Crippen LogP contribution in [0.2, 0.25) is 0 Å². The molecule has 8 heteroatoms. The molecule has 1 aromatic carbocycles. The Morgan fingerprint density at radius 2 is 2.07 bits per heavy atom. The van der Waals surface area contributed by atoms with Crippen molar-refractivity contribution in [1.29, 1.82) is 0 Å². The Bertz CT molecular complexity index is 834. The zero-order valence-corrected chi connectivity index (χ0v) is 16.2. The number of aromatic nitrogens is 2. The zero-order chi connectivity index (χ0) is 20.1. The molecule has 2 amide bonds. The van der Waals surface area contributed by atoms with Crippen LogP contribution in [0.25, 0.3) is 0 Å². The summed E-state index contributed by atoms with van der Waals surface area (Å²) in [5.41, 5.74) is 2.55. The number of methoxy groups -OCH3 is 1. The molecule has 1 aromatic heterocycles. The van der Waals surface area contributed by atoms with E-state index in [4.69, 9.17) is 4.74 Å². The second kappa shape index (κ2) is 8.97. The van der Waals surface area contributed by atoms with Crippen molar-refractivity contribution in [3.8, 4) is 0 Å². The van der Waals surface area contributed by atoms with E-state index in [0.717, 1.165) is 16.8 Å². The predicted octanol–water partition coefficient (Wildman–Crippen LogP) is 1.38. The lowest BCUT2D eigenvalue weighted by Crippen LogP contribution is -2.44. The summed E-state index contributed by atoms with van der Waals surface area (Å²) in [6, 6.07) is 6.22. The molecule has 1 N–H and O–H groups in total. The van der Waals surface area contributed by atoms with Crippen LogP contribution in [0, 0.1) is 5.82 Å². The van der Waals surface area contributed by atoms with Crippen LogP contribution in [0.3, 0.4) is 0 Å². The SMILES string of the molecule is COCCC(=O)N1Cc2cn(C)nc2[C@H](C(=O)NCCc2ccc(F)cc2)C1. The number of halogens is 1. The highest BCUT2D eigenvalue weighted by Crippen LogP contribution is 2.27. The number of fused-ring (bicyclic) bond motifs is 1. The van der Waals surface area contributed by atoms with Gasteiger partial charge in [0.05, 0.1) is 24.6 Å². The van der Waals surface area contributed by atoms with E-state index in [-0.39, 0.29) is 24.1 Å². The van der Waals surface area contributed by atoms with Crippen LogP contribution in [-0.4, -0.2) is 53.3 Å². The first-order chi connectivity index (χ1) is 13.5. The van der Waals surface area contributed by atoms with Crippen molar-refractivity contribution in [2.45, 2.75) is 25.3 Å². The minimum atomic E-state index is -0.510. The molecule has 150 valence electrons. The number of amides is 2. The summed E-state index contributed by atoms with van der Waals surface area (Å²) >= 11 is 0. The summed E-state index contributed by atoms with van der Waals surface area (Å²) in [5, 5.41) is 7.36. The highest BCUT2D eigenvalue weighted by atomic mass is 19.1. The van der Waals surface area contributed by atoms with Crippen LogP contribution in [0.15, 0.2) is 30.5 Å². The lowest BCUT2D eigenvalue weighted by molar-refractivity contribution is -0.134. The number of carbonyl (C=O) groups excluding carboxylic acids is 2. The molecule has 0 fully saturated rings. The summed E-state index contributed by atoms with van der Waals surface area (Å²) < 4.78 is 19.6. The maximum Gasteiger partial charge on any atom is 0.231 e. The van der Waals surface area contributed by atoms with Crippen molar-refractivity contribution in [2.75, 3.05) is 26.8 Å². The van der Waals surface area contributed by atoms with E-state index in [9.17, 15) is 14.0 Å². The molecule has 0 saturated heterocycles. The number of carbonyl (C=O) groups is 2. The van der Waals surface area contributed by atoms with E-state index < -0.39 is 5.92 Å². The number of rotatable bonds is 7.